The zero-order valence-corrected chi connectivity index (χ0v) is 12.1. The Kier molecular flexibility index (Phi) is 7.24. The van der Waals surface area contributed by atoms with E-state index in [4.69, 9.17) is 0 Å². The van der Waals surface area contributed by atoms with E-state index in [-0.39, 0.29) is 5.25 Å². The lowest BCUT2D eigenvalue weighted by Crippen LogP contribution is -2.34. The largest absolute Gasteiger partial charge is 0.314 e. The highest BCUT2D eigenvalue weighted by atomic mass is 32.2. The van der Waals surface area contributed by atoms with E-state index in [1.807, 2.05) is 0 Å². The van der Waals surface area contributed by atoms with Crippen LogP contribution in [0, 0.1) is 5.92 Å². The molecule has 0 aromatic carbocycles. The van der Waals surface area contributed by atoms with Gasteiger partial charge in [0.25, 0.3) is 0 Å². The van der Waals surface area contributed by atoms with E-state index in [0.717, 1.165) is 19.4 Å². The summed E-state index contributed by atoms with van der Waals surface area (Å²) in [6.07, 6.45) is 1.70. The van der Waals surface area contributed by atoms with Gasteiger partial charge in [-0.2, -0.15) is 0 Å². The van der Waals surface area contributed by atoms with Crippen LogP contribution >= 0.6 is 0 Å². The molecule has 16 heavy (non-hydrogen) atoms. The van der Waals surface area contributed by atoms with Crippen LogP contribution in [0.25, 0.3) is 0 Å². The molecule has 0 radical (unpaired) electrons. The first-order valence-corrected chi connectivity index (χ1v) is 7.97. The minimum Gasteiger partial charge on any atom is -0.314 e. The monoisotopic (exact) mass is 249 g/mol. The van der Waals surface area contributed by atoms with Crippen LogP contribution in [-0.4, -0.2) is 32.0 Å². The van der Waals surface area contributed by atoms with Gasteiger partial charge in [-0.15, -0.1) is 0 Å². The van der Waals surface area contributed by atoms with Crippen molar-refractivity contribution in [1.29, 1.82) is 0 Å². The van der Waals surface area contributed by atoms with Gasteiger partial charge in [0.15, 0.2) is 9.84 Å². The Bertz CT molecular complexity index is 271. The highest BCUT2D eigenvalue weighted by Gasteiger charge is 2.17. The van der Waals surface area contributed by atoms with Crippen LogP contribution in [0.5, 0.6) is 0 Å². The van der Waals surface area contributed by atoms with Gasteiger partial charge in [-0.3, -0.25) is 0 Å². The molecular weight excluding hydrogens is 222 g/mol. The summed E-state index contributed by atoms with van der Waals surface area (Å²) in [5.74, 6) is 0.876. The fourth-order valence-corrected chi connectivity index (χ4v) is 2.71. The van der Waals surface area contributed by atoms with Crippen LogP contribution < -0.4 is 5.32 Å². The standard InChI is InChI=1S/C12H27NO2S/c1-6-13-12(10(2)3)8-7-9-16(14,15)11(4)5/h10-13H,6-9H2,1-5H3. The zero-order chi connectivity index (χ0) is 12.8. The highest BCUT2D eigenvalue weighted by Crippen LogP contribution is 2.11. The minimum atomic E-state index is -2.86. The van der Waals surface area contributed by atoms with Crippen LogP contribution in [-0.2, 0) is 9.84 Å². The van der Waals surface area contributed by atoms with Crippen molar-refractivity contribution in [2.45, 2.75) is 58.8 Å². The average Bonchev–Trinajstić information content (AvgIpc) is 2.15. The van der Waals surface area contributed by atoms with E-state index in [1.54, 1.807) is 13.8 Å². The molecule has 0 bridgehead atoms. The summed E-state index contributed by atoms with van der Waals surface area (Å²) < 4.78 is 23.2. The Morgan fingerprint density at radius 2 is 1.69 bits per heavy atom. The van der Waals surface area contributed by atoms with Gasteiger partial charge >= 0.3 is 0 Å². The second-order valence-corrected chi connectivity index (χ2v) is 7.64. The van der Waals surface area contributed by atoms with Crippen LogP contribution in [0.4, 0.5) is 0 Å². The third-order valence-electron chi connectivity index (χ3n) is 2.93. The quantitative estimate of drug-likeness (QED) is 0.717. The van der Waals surface area contributed by atoms with Crippen molar-refractivity contribution in [2.75, 3.05) is 12.3 Å². The van der Waals surface area contributed by atoms with Gasteiger partial charge in [-0.1, -0.05) is 20.8 Å². The summed E-state index contributed by atoms with van der Waals surface area (Å²) >= 11 is 0. The van der Waals surface area contributed by atoms with Gasteiger partial charge in [0, 0.05) is 6.04 Å². The molecule has 0 rings (SSSR count). The number of nitrogens with one attached hydrogen (secondary N) is 1. The molecule has 1 unspecified atom stereocenters. The molecule has 1 N–H and O–H groups in total. The number of hydrogen-bond donors (Lipinski definition) is 1. The lowest BCUT2D eigenvalue weighted by Gasteiger charge is -2.21. The Hall–Kier alpha value is -0.0900. The van der Waals surface area contributed by atoms with E-state index in [1.165, 1.54) is 0 Å². The maximum atomic E-state index is 11.6. The Morgan fingerprint density at radius 1 is 1.12 bits per heavy atom. The van der Waals surface area contributed by atoms with Gasteiger partial charge in [0.2, 0.25) is 0 Å². The maximum absolute atomic E-state index is 11.6. The summed E-state index contributed by atoms with van der Waals surface area (Å²) in [7, 11) is -2.86. The summed E-state index contributed by atoms with van der Waals surface area (Å²) in [5, 5.41) is 3.16. The normalized spacial score (nSPS) is 14.7. The molecule has 0 aromatic heterocycles. The summed E-state index contributed by atoms with van der Waals surface area (Å²) in [6.45, 7) is 10.9. The Balaban J connectivity index is 4.04. The smallest absolute Gasteiger partial charge is 0.152 e. The van der Waals surface area contributed by atoms with Gasteiger partial charge in [-0.05, 0) is 39.2 Å². The van der Waals surface area contributed by atoms with E-state index in [0.29, 0.717) is 17.7 Å². The summed E-state index contributed by atoms with van der Waals surface area (Å²) in [5.41, 5.74) is 0. The molecule has 0 aliphatic heterocycles. The molecular formula is C12H27NO2S. The second kappa shape index (κ2) is 7.28. The Morgan fingerprint density at radius 3 is 2.06 bits per heavy atom. The second-order valence-electron chi connectivity index (χ2n) is 4.97. The lowest BCUT2D eigenvalue weighted by atomic mass is 10.00. The van der Waals surface area contributed by atoms with Gasteiger partial charge in [-0.25, -0.2) is 8.42 Å². The first-order chi connectivity index (χ1) is 7.31. The van der Waals surface area contributed by atoms with Crippen molar-refractivity contribution in [3.8, 4) is 0 Å². The zero-order valence-electron chi connectivity index (χ0n) is 11.3. The number of hydrogen-bond acceptors (Lipinski definition) is 3. The summed E-state index contributed by atoms with van der Waals surface area (Å²) in [4.78, 5) is 0. The maximum Gasteiger partial charge on any atom is 0.152 e. The third kappa shape index (κ3) is 5.85. The van der Waals surface area contributed by atoms with Crippen molar-refractivity contribution in [2.24, 2.45) is 5.92 Å². The summed E-state index contributed by atoms with van der Waals surface area (Å²) in [6, 6.07) is 0.437. The molecule has 0 fully saturated rings. The van der Waals surface area contributed by atoms with E-state index < -0.39 is 9.84 Å². The number of sulfone groups is 1. The average molecular weight is 249 g/mol. The molecule has 98 valence electrons. The van der Waals surface area contributed by atoms with Crippen molar-refractivity contribution in [1.82, 2.24) is 5.32 Å². The molecule has 0 amide bonds. The molecule has 0 aliphatic rings. The predicted molar refractivity (Wildman–Crippen MR) is 70.5 cm³/mol. The first-order valence-electron chi connectivity index (χ1n) is 6.26. The molecule has 4 heteroatoms. The molecule has 0 aliphatic carbocycles. The predicted octanol–water partition coefficient (Wildman–Crippen LogP) is 2.22. The van der Waals surface area contributed by atoms with Crippen molar-refractivity contribution in [3.05, 3.63) is 0 Å². The van der Waals surface area contributed by atoms with Gasteiger partial charge < -0.3 is 5.32 Å². The molecule has 0 heterocycles. The minimum absolute atomic E-state index is 0.246. The molecule has 0 spiro atoms. The first kappa shape index (κ1) is 15.9. The van der Waals surface area contributed by atoms with Crippen LogP contribution in [0.1, 0.15) is 47.5 Å². The van der Waals surface area contributed by atoms with Crippen LogP contribution in [0.3, 0.4) is 0 Å². The SMILES string of the molecule is CCNC(CCCS(=O)(=O)C(C)C)C(C)C. The van der Waals surface area contributed by atoms with E-state index >= 15 is 0 Å². The lowest BCUT2D eigenvalue weighted by molar-refractivity contribution is 0.382. The van der Waals surface area contributed by atoms with Gasteiger partial charge in [0.1, 0.15) is 0 Å². The van der Waals surface area contributed by atoms with Crippen LogP contribution in [0.15, 0.2) is 0 Å². The Labute approximate surface area is 101 Å². The molecule has 1 atom stereocenters. The van der Waals surface area contributed by atoms with Crippen molar-refractivity contribution < 1.29 is 8.42 Å². The van der Waals surface area contributed by atoms with E-state index in [9.17, 15) is 8.42 Å². The van der Waals surface area contributed by atoms with E-state index in [2.05, 4.69) is 26.1 Å². The van der Waals surface area contributed by atoms with Gasteiger partial charge in [0.05, 0.1) is 11.0 Å². The van der Waals surface area contributed by atoms with Crippen molar-refractivity contribution in [3.63, 3.8) is 0 Å². The molecule has 0 aromatic rings. The number of rotatable bonds is 8. The van der Waals surface area contributed by atoms with Crippen LogP contribution in [0.2, 0.25) is 0 Å². The third-order valence-corrected chi connectivity index (χ3v) is 5.23. The molecule has 3 nitrogen and oxygen atoms in total. The van der Waals surface area contributed by atoms with Crippen molar-refractivity contribution >= 4 is 9.84 Å². The topological polar surface area (TPSA) is 46.2 Å². The molecule has 0 saturated heterocycles. The molecule has 0 saturated carbocycles. The fraction of sp³-hybridized carbons (Fsp3) is 1.00. The highest BCUT2D eigenvalue weighted by molar-refractivity contribution is 7.91. The fourth-order valence-electron chi connectivity index (χ4n) is 1.67.